The van der Waals surface area contributed by atoms with Crippen LogP contribution in [-0.2, 0) is 17.8 Å². The van der Waals surface area contributed by atoms with E-state index in [1.54, 1.807) is 0 Å². The van der Waals surface area contributed by atoms with Crippen molar-refractivity contribution in [2.45, 2.75) is 32.7 Å². The molecule has 0 atom stereocenters. The number of hydrogen-bond donors (Lipinski definition) is 1. The Kier molecular flexibility index (Phi) is 3.39. The molecule has 1 aliphatic heterocycles. The molecule has 8 heteroatoms. The standard InChI is InChI=1S/C13H13ClN6O/c1-8(21)17-12-9(6-15)7-16-20(12)13-11(14)10-4-2-3-5-19(10)18-13/h7H,2-5H2,1H3,(H,17,21). The van der Waals surface area contributed by atoms with Crippen molar-refractivity contribution in [2.75, 3.05) is 5.32 Å². The molecule has 0 fully saturated rings. The average molecular weight is 305 g/mol. The largest absolute Gasteiger partial charge is 0.310 e. The molecule has 1 N–H and O–H groups in total. The first-order valence-corrected chi connectivity index (χ1v) is 7.01. The molecule has 0 saturated heterocycles. The van der Waals surface area contributed by atoms with E-state index in [2.05, 4.69) is 15.5 Å². The van der Waals surface area contributed by atoms with Gasteiger partial charge in [0.2, 0.25) is 5.91 Å². The maximum Gasteiger partial charge on any atom is 0.222 e. The van der Waals surface area contributed by atoms with Gasteiger partial charge < -0.3 is 5.32 Å². The van der Waals surface area contributed by atoms with Gasteiger partial charge in [-0.1, -0.05) is 11.6 Å². The van der Waals surface area contributed by atoms with Crippen molar-refractivity contribution in [1.29, 1.82) is 5.26 Å². The summed E-state index contributed by atoms with van der Waals surface area (Å²) in [5, 5.41) is 20.8. The van der Waals surface area contributed by atoms with Crippen LogP contribution < -0.4 is 5.32 Å². The van der Waals surface area contributed by atoms with Crippen LogP contribution in [0.25, 0.3) is 5.82 Å². The number of amides is 1. The zero-order valence-electron chi connectivity index (χ0n) is 11.4. The Morgan fingerprint density at radius 3 is 3.00 bits per heavy atom. The molecule has 0 saturated carbocycles. The second-order valence-corrected chi connectivity index (χ2v) is 5.25. The summed E-state index contributed by atoms with van der Waals surface area (Å²) >= 11 is 6.40. The molecule has 3 rings (SSSR count). The van der Waals surface area contributed by atoms with E-state index in [0.717, 1.165) is 31.5 Å². The van der Waals surface area contributed by atoms with Gasteiger partial charge in [-0.05, 0) is 19.3 Å². The summed E-state index contributed by atoms with van der Waals surface area (Å²) in [6.07, 6.45) is 4.39. The molecular formula is C13H13ClN6O. The lowest BCUT2D eigenvalue weighted by molar-refractivity contribution is -0.114. The van der Waals surface area contributed by atoms with E-state index >= 15 is 0 Å². The van der Waals surface area contributed by atoms with Gasteiger partial charge in [0.15, 0.2) is 11.6 Å². The van der Waals surface area contributed by atoms with Crippen LogP contribution in [0.4, 0.5) is 5.82 Å². The highest BCUT2D eigenvalue weighted by Gasteiger charge is 2.23. The zero-order valence-corrected chi connectivity index (χ0v) is 12.2. The molecule has 0 aliphatic carbocycles. The molecule has 0 unspecified atom stereocenters. The highest BCUT2D eigenvalue weighted by atomic mass is 35.5. The van der Waals surface area contributed by atoms with Crippen molar-refractivity contribution < 1.29 is 4.79 Å². The summed E-state index contributed by atoms with van der Waals surface area (Å²) in [6.45, 7) is 2.19. The summed E-state index contributed by atoms with van der Waals surface area (Å²) in [4.78, 5) is 11.3. The molecule has 2 aromatic heterocycles. The average Bonchev–Trinajstić information content (AvgIpc) is 3.00. The molecule has 0 aromatic carbocycles. The van der Waals surface area contributed by atoms with Gasteiger partial charge in [0.1, 0.15) is 16.7 Å². The van der Waals surface area contributed by atoms with Gasteiger partial charge in [0, 0.05) is 13.5 Å². The van der Waals surface area contributed by atoms with E-state index in [9.17, 15) is 4.79 Å². The second-order valence-electron chi connectivity index (χ2n) is 4.88. The molecule has 0 spiro atoms. The first kappa shape index (κ1) is 13.6. The van der Waals surface area contributed by atoms with Crippen LogP contribution in [0, 0.1) is 11.3 Å². The minimum atomic E-state index is -0.284. The van der Waals surface area contributed by atoms with Gasteiger partial charge in [-0.2, -0.15) is 20.1 Å². The minimum Gasteiger partial charge on any atom is -0.310 e. The van der Waals surface area contributed by atoms with E-state index in [1.165, 1.54) is 17.8 Å². The summed E-state index contributed by atoms with van der Waals surface area (Å²) in [5.41, 5.74) is 1.24. The fraction of sp³-hybridized carbons (Fsp3) is 0.385. The first-order chi connectivity index (χ1) is 10.1. The van der Waals surface area contributed by atoms with Crippen molar-refractivity contribution in [1.82, 2.24) is 19.6 Å². The Balaban J connectivity index is 2.13. The van der Waals surface area contributed by atoms with Crippen LogP contribution >= 0.6 is 11.6 Å². The number of rotatable bonds is 2. The lowest BCUT2D eigenvalue weighted by atomic mass is 10.1. The van der Waals surface area contributed by atoms with Crippen molar-refractivity contribution in [3.63, 3.8) is 0 Å². The molecule has 21 heavy (non-hydrogen) atoms. The predicted molar refractivity (Wildman–Crippen MR) is 76.3 cm³/mol. The highest BCUT2D eigenvalue weighted by Crippen LogP contribution is 2.30. The van der Waals surface area contributed by atoms with E-state index in [1.807, 2.05) is 10.8 Å². The monoisotopic (exact) mass is 304 g/mol. The lowest BCUT2D eigenvalue weighted by Crippen LogP contribution is -2.13. The van der Waals surface area contributed by atoms with Crippen molar-refractivity contribution in [2.24, 2.45) is 0 Å². The predicted octanol–water partition coefficient (Wildman–Crippen LogP) is 1.89. The van der Waals surface area contributed by atoms with Gasteiger partial charge in [-0.15, -0.1) is 0 Å². The number of nitriles is 1. The number of halogens is 1. The Morgan fingerprint density at radius 2 is 2.33 bits per heavy atom. The van der Waals surface area contributed by atoms with Crippen LogP contribution in [0.1, 0.15) is 31.0 Å². The molecule has 2 aromatic rings. The highest BCUT2D eigenvalue weighted by molar-refractivity contribution is 6.33. The van der Waals surface area contributed by atoms with Crippen LogP contribution in [0.3, 0.4) is 0 Å². The fourth-order valence-corrected chi connectivity index (χ4v) is 2.76. The van der Waals surface area contributed by atoms with Crippen LogP contribution in [-0.4, -0.2) is 25.5 Å². The smallest absolute Gasteiger partial charge is 0.222 e. The normalized spacial score (nSPS) is 13.6. The van der Waals surface area contributed by atoms with Crippen molar-refractivity contribution in [3.05, 3.63) is 22.5 Å². The molecule has 1 aliphatic rings. The first-order valence-electron chi connectivity index (χ1n) is 6.63. The quantitative estimate of drug-likeness (QED) is 0.917. The molecule has 0 bridgehead atoms. The third-order valence-corrected chi connectivity index (χ3v) is 3.78. The molecule has 0 radical (unpaired) electrons. The summed E-state index contributed by atoms with van der Waals surface area (Å²) in [6, 6.07) is 2.00. The minimum absolute atomic E-state index is 0.271. The summed E-state index contributed by atoms with van der Waals surface area (Å²) in [5.74, 6) is 0.453. The molecule has 7 nitrogen and oxygen atoms in total. The van der Waals surface area contributed by atoms with E-state index < -0.39 is 0 Å². The Labute approximate surface area is 126 Å². The van der Waals surface area contributed by atoms with Crippen molar-refractivity contribution >= 4 is 23.3 Å². The zero-order chi connectivity index (χ0) is 15.0. The number of hydrogen-bond acceptors (Lipinski definition) is 4. The van der Waals surface area contributed by atoms with Gasteiger partial charge >= 0.3 is 0 Å². The summed E-state index contributed by atoms with van der Waals surface area (Å²) < 4.78 is 3.28. The van der Waals surface area contributed by atoms with Crippen LogP contribution in [0.2, 0.25) is 5.02 Å². The van der Waals surface area contributed by atoms with E-state index in [-0.39, 0.29) is 11.5 Å². The van der Waals surface area contributed by atoms with Gasteiger partial charge in [-0.3, -0.25) is 9.48 Å². The summed E-state index contributed by atoms with van der Waals surface area (Å²) in [7, 11) is 0. The van der Waals surface area contributed by atoms with Gasteiger partial charge in [0.25, 0.3) is 0 Å². The van der Waals surface area contributed by atoms with Crippen LogP contribution in [0.5, 0.6) is 0 Å². The van der Waals surface area contributed by atoms with E-state index in [0.29, 0.717) is 16.7 Å². The SMILES string of the molecule is CC(=O)Nc1c(C#N)cnn1-c1nn2c(c1Cl)CCCC2. The van der Waals surface area contributed by atoms with E-state index in [4.69, 9.17) is 16.9 Å². The second kappa shape index (κ2) is 5.22. The van der Waals surface area contributed by atoms with Crippen LogP contribution in [0.15, 0.2) is 6.20 Å². The van der Waals surface area contributed by atoms with Crippen molar-refractivity contribution in [3.8, 4) is 11.9 Å². The van der Waals surface area contributed by atoms with Gasteiger partial charge in [-0.25, -0.2) is 0 Å². The number of carbonyl (C=O) groups is 1. The number of nitrogens with one attached hydrogen (secondary N) is 1. The third-order valence-electron chi connectivity index (χ3n) is 3.39. The Morgan fingerprint density at radius 1 is 1.52 bits per heavy atom. The Hall–Kier alpha value is -2.33. The maximum atomic E-state index is 11.3. The number of fused-ring (bicyclic) bond motifs is 1. The molecule has 108 valence electrons. The molecular weight excluding hydrogens is 292 g/mol. The fourth-order valence-electron chi connectivity index (χ4n) is 2.45. The lowest BCUT2D eigenvalue weighted by Gasteiger charge is -2.12. The number of carbonyl (C=O) groups excluding carboxylic acids is 1. The number of nitrogens with zero attached hydrogens (tertiary/aromatic N) is 5. The third kappa shape index (κ3) is 2.28. The number of anilines is 1. The number of aryl methyl sites for hydroxylation is 1. The topological polar surface area (TPSA) is 88.5 Å². The number of aromatic nitrogens is 4. The Bertz CT molecular complexity index is 754. The molecule has 3 heterocycles. The molecule has 1 amide bonds. The maximum absolute atomic E-state index is 11.3. The van der Waals surface area contributed by atoms with Gasteiger partial charge in [0.05, 0.1) is 11.9 Å².